The van der Waals surface area contributed by atoms with E-state index in [0.717, 1.165) is 46.8 Å². The van der Waals surface area contributed by atoms with E-state index in [2.05, 4.69) is 20.8 Å². The second kappa shape index (κ2) is 9.08. The zero-order chi connectivity index (χ0) is 10.9. The molecule has 0 aliphatic heterocycles. The van der Waals surface area contributed by atoms with Gasteiger partial charge in [-0.25, -0.2) is 0 Å². The van der Waals surface area contributed by atoms with Crippen LogP contribution in [0.3, 0.4) is 0 Å². The summed E-state index contributed by atoms with van der Waals surface area (Å²) in [7, 11) is 0.924. The van der Waals surface area contributed by atoms with E-state index in [0.29, 0.717) is 0 Å². The Morgan fingerprint density at radius 1 is 0.786 bits per heavy atom. The molecule has 0 rings (SSSR count). The fraction of sp³-hybridized carbons (Fsp3) is 1.00. The number of rotatable bonds is 9. The molecule has 0 amide bonds. The molecular formula is C9H24IO3Si. The first kappa shape index (κ1) is 14.8. The summed E-state index contributed by atoms with van der Waals surface area (Å²) in [6.07, 6.45) is 3.12. The third kappa shape index (κ3) is 7.16. The molecule has 0 aliphatic rings. The van der Waals surface area contributed by atoms with Gasteiger partial charge >= 0.3 is 95.7 Å². The minimum atomic E-state index is -2.61. The number of hydrogen-bond donors (Lipinski definition) is 0. The van der Waals surface area contributed by atoms with Crippen LogP contribution in [-0.2, 0) is 9.20 Å². The number of hydrogen-bond acceptors (Lipinski definition) is 3. The maximum atomic E-state index is 5.78. The van der Waals surface area contributed by atoms with Crippen molar-refractivity contribution in [2.24, 2.45) is 0 Å². The number of halogens is 1. The maximum absolute atomic E-state index is 5.78. The van der Waals surface area contributed by atoms with E-state index in [1.54, 1.807) is 0 Å². The van der Waals surface area contributed by atoms with Crippen LogP contribution in [0, 0.1) is 0 Å². The van der Waals surface area contributed by atoms with E-state index in [1.807, 2.05) is 0 Å². The van der Waals surface area contributed by atoms with Gasteiger partial charge in [-0.15, -0.1) is 0 Å². The summed E-state index contributed by atoms with van der Waals surface area (Å²) in [4.78, 5) is 0. The molecule has 14 heavy (non-hydrogen) atoms. The van der Waals surface area contributed by atoms with Crippen molar-refractivity contribution in [2.45, 2.75) is 40.0 Å². The van der Waals surface area contributed by atoms with E-state index in [1.165, 1.54) is 0 Å². The molecule has 0 bridgehead atoms. The van der Waals surface area contributed by atoms with E-state index in [-0.39, 0.29) is 0 Å². The molecule has 0 aromatic heterocycles. The average Bonchev–Trinajstić information content (AvgIpc) is 2.21. The van der Waals surface area contributed by atoms with E-state index < -0.39 is 18.9 Å². The topological polar surface area (TPSA) is 27.7 Å². The van der Waals surface area contributed by atoms with Crippen molar-refractivity contribution in [1.29, 1.82) is 0 Å². The Morgan fingerprint density at radius 2 is 1.07 bits per heavy atom. The summed E-state index contributed by atoms with van der Waals surface area (Å²) < 4.78 is 17.3. The second-order valence-corrected chi connectivity index (χ2v) is 14.9. The van der Waals surface area contributed by atoms with Crippen molar-refractivity contribution in [3.63, 3.8) is 0 Å². The molecule has 5 heteroatoms. The van der Waals surface area contributed by atoms with Gasteiger partial charge in [0, 0.05) is 0 Å². The van der Waals surface area contributed by atoms with Crippen molar-refractivity contribution >= 4 is 26.6 Å². The van der Waals surface area contributed by atoms with Crippen LogP contribution in [-0.4, -0.2) is 27.6 Å². The predicted molar refractivity (Wildman–Crippen MR) is 72.7 cm³/mol. The fourth-order valence-corrected chi connectivity index (χ4v) is 8.11. The summed E-state index contributed by atoms with van der Waals surface area (Å²) in [5.74, 6) is 0. The average molecular weight is 335 g/mol. The quantitative estimate of drug-likeness (QED) is 0.368. The van der Waals surface area contributed by atoms with Gasteiger partial charge in [-0.3, -0.25) is 0 Å². The third-order valence-corrected chi connectivity index (χ3v) is 10.5. The monoisotopic (exact) mass is 335 g/mol. The molecule has 0 saturated heterocycles. The molecule has 0 aromatic rings. The third-order valence-electron chi connectivity index (χ3n) is 1.44. The van der Waals surface area contributed by atoms with Crippen molar-refractivity contribution in [3.8, 4) is 0 Å². The molecule has 0 aliphatic carbocycles. The van der Waals surface area contributed by atoms with Gasteiger partial charge in [0.1, 0.15) is 0 Å². The summed E-state index contributed by atoms with van der Waals surface area (Å²) in [5.41, 5.74) is 0. The molecule has 0 unspecified atom stereocenters. The van der Waals surface area contributed by atoms with Gasteiger partial charge in [0.2, 0.25) is 0 Å². The van der Waals surface area contributed by atoms with Crippen molar-refractivity contribution < 1.29 is 9.20 Å². The second-order valence-electron chi connectivity index (χ2n) is 3.09. The Labute approximate surface area is 95.5 Å². The molecule has 0 N–H and O–H groups in total. The van der Waals surface area contributed by atoms with Crippen LogP contribution in [0.15, 0.2) is 0 Å². The molecule has 3 nitrogen and oxygen atoms in total. The van der Waals surface area contributed by atoms with Gasteiger partial charge in [0.25, 0.3) is 0 Å². The van der Waals surface area contributed by atoms with Gasteiger partial charge in [-0.1, -0.05) is 0 Å². The molecule has 0 saturated carbocycles. The zero-order valence-corrected chi connectivity index (χ0v) is 14.0. The van der Waals surface area contributed by atoms with Crippen LogP contribution in [0.5, 0.6) is 0 Å². The summed E-state index contributed by atoms with van der Waals surface area (Å²) in [6.45, 7) is 8.70. The van der Waals surface area contributed by atoms with Crippen LogP contribution in [0.2, 0.25) is 0 Å². The Kier molecular flexibility index (Phi) is 9.62. The molecule has 0 aromatic carbocycles. The van der Waals surface area contributed by atoms with Gasteiger partial charge in [-0.05, 0) is 0 Å². The van der Waals surface area contributed by atoms with Crippen molar-refractivity contribution in [1.82, 2.24) is 0 Å². The molecule has 1 radical (unpaired) electrons. The Hall–Kier alpha value is 0.827. The first-order valence-electron chi connectivity index (χ1n) is 5.33. The van der Waals surface area contributed by atoms with E-state index in [9.17, 15) is 0 Å². The van der Waals surface area contributed by atoms with Crippen molar-refractivity contribution in [3.05, 3.63) is 0 Å². The summed E-state index contributed by atoms with van der Waals surface area (Å²) in [5, 5.41) is 0. The molecule has 0 fully saturated rings. The van der Waals surface area contributed by atoms with Crippen LogP contribution in [0.4, 0.5) is 0 Å². The predicted octanol–water partition coefficient (Wildman–Crippen LogP) is 2.33. The minimum absolute atomic E-state index is 0.785. The van der Waals surface area contributed by atoms with E-state index in [4.69, 9.17) is 9.20 Å². The van der Waals surface area contributed by atoms with Gasteiger partial charge in [0.05, 0.1) is 0 Å². The fourth-order valence-electron chi connectivity index (χ4n) is 0.746. The van der Waals surface area contributed by atoms with Crippen LogP contribution in [0.1, 0.15) is 40.0 Å². The van der Waals surface area contributed by atoms with Gasteiger partial charge in [0.15, 0.2) is 0 Å². The SMILES string of the molecule is CCCO[I]([SiH3])(OCCC)OCCC. The first-order chi connectivity index (χ1) is 6.68. The summed E-state index contributed by atoms with van der Waals surface area (Å²) >= 11 is -2.61. The standard InChI is InChI=1S/C9H24IO3Si/c1-4-7-11-10(14,12-8-5-2)13-9-6-3/h4-9H2,1-3,14H3. The molecule has 0 spiro atoms. The van der Waals surface area contributed by atoms with Gasteiger partial charge < -0.3 is 0 Å². The molecule has 0 heterocycles. The molecular weight excluding hydrogens is 311 g/mol. The summed E-state index contributed by atoms with van der Waals surface area (Å²) in [6, 6.07) is 0. The van der Waals surface area contributed by atoms with Crippen molar-refractivity contribution in [2.75, 3.05) is 19.8 Å². The molecule has 0 atom stereocenters. The first-order valence-corrected chi connectivity index (χ1v) is 15.2. The zero-order valence-electron chi connectivity index (χ0n) is 9.85. The van der Waals surface area contributed by atoms with Gasteiger partial charge in [-0.2, -0.15) is 0 Å². The van der Waals surface area contributed by atoms with Crippen LogP contribution < -0.4 is 0 Å². The van der Waals surface area contributed by atoms with Crippen LogP contribution >= 0.6 is 18.9 Å². The normalized spacial score (nSPS) is 13.4. The van der Waals surface area contributed by atoms with E-state index >= 15 is 0 Å². The Morgan fingerprint density at radius 3 is 1.29 bits per heavy atom. The molecule has 89 valence electrons. The Bertz CT molecular complexity index is 113. The van der Waals surface area contributed by atoms with Crippen LogP contribution in [0.25, 0.3) is 0 Å². The Balaban J connectivity index is 3.89.